The van der Waals surface area contributed by atoms with Gasteiger partial charge in [0.05, 0.1) is 5.69 Å². The molecule has 0 unspecified atom stereocenters. The Kier molecular flexibility index (Phi) is 1.31. The Morgan fingerprint density at radius 3 is 2.73 bits per heavy atom. The first-order valence-corrected chi connectivity index (χ1v) is 4.21. The molecule has 11 heavy (non-hydrogen) atoms. The molecule has 0 spiro atoms. The molecule has 0 N–H and O–H groups in total. The van der Waals surface area contributed by atoms with Gasteiger partial charge in [-0.3, -0.25) is 0 Å². The molecule has 0 saturated heterocycles. The molecule has 60 valence electrons. The molecule has 0 bridgehead atoms. The summed E-state index contributed by atoms with van der Waals surface area (Å²) in [4.78, 5) is 0. The van der Waals surface area contributed by atoms with Gasteiger partial charge in [0.25, 0.3) is 0 Å². The summed E-state index contributed by atoms with van der Waals surface area (Å²) in [6.45, 7) is 4.18. The van der Waals surface area contributed by atoms with Crippen molar-refractivity contribution in [3.63, 3.8) is 0 Å². The highest BCUT2D eigenvalue weighted by atomic mass is 16.5. The number of nitrogens with zero attached hydrogens (tertiary/aromatic N) is 1. The maximum absolute atomic E-state index is 5.23. The Bertz CT molecular complexity index is 260. The molecule has 2 rings (SSSR count). The van der Waals surface area contributed by atoms with E-state index in [1.54, 1.807) is 0 Å². The molecule has 1 aliphatic carbocycles. The van der Waals surface area contributed by atoms with E-state index in [9.17, 15) is 0 Å². The number of hydrogen-bond donors (Lipinski definition) is 0. The summed E-state index contributed by atoms with van der Waals surface area (Å²) in [7, 11) is 0. The van der Waals surface area contributed by atoms with Crippen LogP contribution in [0.5, 0.6) is 0 Å². The zero-order valence-electron chi connectivity index (χ0n) is 7.05. The fourth-order valence-electron chi connectivity index (χ4n) is 1.54. The average Bonchev–Trinajstić information content (AvgIpc) is 2.70. The Morgan fingerprint density at radius 1 is 1.64 bits per heavy atom. The lowest BCUT2D eigenvalue weighted by Crippen LogP contribution is -2.01. The zero-order valence-corrected chi connectivity index (χ0v) is 7.05. The van der Waals surface area contributed by atoms with Crippen LogP contribution in [0.4, 0.5) is 0 Å². The first-order valence-electron chi connectivity index (χ1n) is 4.21. The second kappa shape index (κ2) is 2.10. The lowest BCUT2D eigenvalue weighted by Gasteiger charge is -2.04. The smallest absolute Gasteiger partial charge is 0.143 e. The molecular weight excluding hydrogens is 138 g/mol. The van der Waals surface area contributed by atoms with E-state index in [0.717, 1.165) is 11.5 Å². The normalized spacial score (nSPS) is 20.2. The van der Waals surface area contributed by atoms with Crippen LogP contribution in [0.15, 0.2) is 10.6 Å². The van der Waals surface area contributed by atoms with E-state index < -0.39 is 0 Å². The van der Waals surface area contributed by atoms with Crippen molar-refractivity contribution >= 4 is 0 Å². The topological polar surface area (TPSA) is 26.0 Å². The summed E-state index contributed by atoms with van der Waals surface area (Å²) in [6.07, 6.45) is 3.73. The van der Waals surface area contributed by atoms with Crippen molar-refractivity contribution in [2.75, 3.05) is 0 Å². The van der Waals surface area contributed by atoms with E-state index in [2.05, 4.69) is 18.1 Å². The van der Waals surface area contributed by atoms with Crippen molar-refractivity contribution in [3.8, 4) is 0 Å². The quantitative estimate of drug-likeness (QED) is 0.648. The summed E-state index contributed by atoms with van der Waals surface area (Å²) >= 11 is 0. The van der Waals surface area contributed by atoms with Crippen LogP contribution in [-0.4, -0.2) is 5.16 Å². The molecule has 0 atom stereocenters. The third kappa shape index (κ3) is 0.971. The van der Waals surface area contributed by atoms with Crippen molar-refractivity contribution < 1.29 is 4.52 Å². The van der Waals surface area contributed by atoms with Gasteiger partial charge in [-0.2, -0.15) is 0 Å². The monoisotopic (exact) mass is 151 g/mol. The number of hydrogen-bond acceptors (Lipinski definition) is 2. The molecule has 0 aromatic carbocycles. The van der Waals surface area contributed by atoms with Gasteiger partial charge in [0, 0.05) is 11.5 Å². The lowest BCUT2D eigenvalue weighted by atomic mass is 10.0. The van der Waals surface area contributed by atoms with Crippen LogP contribution in [0.25, 0.3) is 0 Å². The van der Waals surface area contributed by atoms with E-state index in [1.807, 2.05) is 6.92 Å². The van der Waals surface area contributed by atoms with Crippen LogP contribution in [0, 0.1) is 6.92 Å². The summed E-state index contributed by atoms with van der Waals surface area (Å²) in [5, 5.41) is 3.90. The fraction of sp³-hybridized carbons (Fsp3) is 0.667. The van der Waals surface area contributed by atoms with Crippen molar-refractivity contribution in [2.45, 2.75) is 38.5 Å². The highest BCUT2D eigenvalue weighted by Gasteiger charge is 2.45. The standard InChI is InChI=1S/C9H13NO/c1-3-9(4-5-9)8-6-7(2)10-11-8/h6H,3-5H2,1-2H3. The van der Waals surface area contributed by atoms with Gasteiger partial charge in [-0.15, -0.1) is 0 Å². The summed E-state index contributed by atoms with van der Waals surface area (Å²) in [6, 6.07) is 2.07. The molecule has 1 fully saturated rings. The Morgan fingerprint density at radius 2 is 2.36 bits per heavy atom. The summed E-state index contributed by atoms with van der Waals surface area (Å²) < 4.78 is 5.23. The average molecular weight is 151 g/mol. The first-order chi connectivity index (χ1) is 5.27. The minimum Gasteiger partial charge on any atom is -0.361 e. The van der Waals surface area contributed by atoms with E-state index in [0.29, 0.717) is 5.41 Å². The van der Waals surface area contributed by atoms with Crippen LogP contribution in [-0.2, 0) is 5.41 Å². The predicted octanol–water partition coefficient (Wildman–Crippen LogP) is 2.42. The largest absolute Gasteiger partial charge is 0.361 e. The number of aromatic nitrogens is 1. The van der Waals surface area contributed by atoms with Crippen molar-refractivity contribution in [2.24, 2.45) is 0 Å². The van der Waals surface area contributed by atoms with Crippen molar-refractivity contribution in [1.29, 1.82) is 0 Å². The first kappa shape index (κ1) is 6.89. The second-order valence-corrected chi connectivity index (χ2v) is 3.47. The maximum atomic E-state index is 5.23. The fourth-order valence-corrected chi connectivity index (χ4v) is 1.54. The minimum atomic E-state index is 0.376. The van der Waals surface area contributed by atoms with E-state index in [-0.39, 0.29) is 0 Å². The van der Waals surface area contributed by atoms with Crippen LogP contribution in [0.3, 0.4) is 0 Å². The Labute approximate surface area is 66.6 Å². The Balaban J connectivity index is 2.29. The third-order valence-corrected chi connectivity index (χ3v) is 2.68. The molecule has 2 nitrogen and oxygen atoms in total. The van der Waals surface area contributed by atoms with E-state index >= 15 is 0 Å². The summed E-state index contributed by atoms with van der Waals surface area (Å²) in [5.74, 6) is 1.09. The minimum absolute atomic E-state index is 0.376. The lowest BCUT2D eigenvalue weighted by molar-refractivity contribution is 0.346. The molecule has 0 amide bonds. The third-order valence-electron chi connectivity index (χ3n) is 2.68. The maximum Gasteiger partial charge on any atom is 0.143 e. The number of rotatable bonds is 2. The second-order valence-electron chi connectivity index (χ2n) is 3.47. The van der Waals surface area contributed by atoms with E-state index in [4.69, 9.17) is 4.52 Å². The van der Waals surface area contributed by atoms with E-state index in [1.165, 1.54) is 19.3 Å². The van der Waals surface area contributed by atoms with Crippen LogP contribution in [0.1, 0.15) is 37.6 Å². The molecule has 1 aliphatic rings. The zero-order chi connectivity index (χ0) is 7.90. The van der Waals surface area contributed by atoms with Crippen LogP contribution < -0.4 is 0 Å². The molecular formula is C9H13NO. The van der Waals surface area contributed by atoms with Crippen LogP contribution >= 0.6 is 0 Å². The van der Waals surface area contributed by atoms with Gasteiger partial charge in [-0.25, -0.2) is 0 Å². The van der Waals surface area contributed by atoms with Gasteiger partial charge in [0.2, 0.25) is 0 Å². The SMILES string of the molecule is CCC1(c2cc(C)no2)CC1. The van der Waals surface area contributed by atoms with Gasteiger partial charge >= 0.3 is 0 Å². The summed E-state index contributed by atoms with van der Waals surface area (Å²) in [5.41, 5.74) is 1.38. The molecule has 1 saturated carbocycles. The molecule has 1 aromatic heterocycles. The van der Waals surface area contributed by atoms with Gasteiger partial charge < -0.3 is 4.52 Å². The molecule has 0 aliphatic heterocycles. The van der Waals surface area contributed by atoms with Crippen molar-refractivity contribution in [1.82, 2.24) is 5.16 Å². The van der Waals surface area contributed by atoms with Gasteiger partial charge in [-0.1, -0.05) is 12.1 Å². The predicted molar refractivity (Wildman–Crippen MR) is 42.4 cm³/mol. The van der Waals surface area contributed by atoms with Gasteiger partial charge in [-0.05, 0) is 26.2 Å². The molecule has 2 heteroatoms. The van der Waals surface area contributed by atoms with Gasteiger partial charge in [0.15, 0.2) is 0 Å². The molecule has 1 heterocycles. The number of aryl methyl sites for hydroxylation is 1. The van der Waals surface area contributed by atoms with Crippen molar-refractivity contribution in [3.05, 3.63) is 17.5 Å². The highest BCUT2D eigenvalue weighted by Crippen LogP contribution is 2.50. The highest BCUT2D eigenvalue weighted by molar-refractivity contribution is 5.22. The molecule has 1 aromatic rings. The molecule has 0 radical (unpaired) electrons. The van der Waals surface area contributed by atoms with Crippen LogP contribution in [0.2, 0.25) is 0 Å². The van der Waals surface area contributed by atoms with Gasteiger partial charge in [0.1, 0.15) is 5.76 Å². The Hall–Kier alpha value is -0.790.